The molecule has 0 N–H and O–H groups in total. The Hall–Kier alpha value is -1.74. The zero-order chi connectivity index (χ0) is 19.0. The predicted octanol–water partition coefficient (Wildman–Crippen LogP) is 2.52. The standard InChI is InChI=1S/C16H23FN2O5S/c1-15(2,3)24-14(20)19-12(10-23-16(19,4)5)13(17)25(21,22)11-6-8-18-9-7-11/h6-9,12-13H,10H2,1-5H3/t12-,13-/m0/s1. The van der Waals surface area contributed by atoms with Crippen LogP contribution in [0.4, 0.5) is 9.18 Å². The van der Waals surface area contributed by atoms with Crippen LogP contribution in [0.3, 0.4) is 0 Å². The van der Waals surface area contributed by atoms with Gasteiger partial charge in [-0.1, -0.05) is 0 Å². The van der Waals surface area contributed by atoms with E-state index in [1.54, 1.807) is 34.6 Å². The number of carbonyl (C=O) groups excluding carboxylic acids is 1. The Morgan fingerprint density at radius 3 is 2.48 bits per heavy atom. The second-order valence-corrected chi connectivity index (χ2v) is 9.27. The molecule has 0 aromatic carbocycles. The molecule has 0 bridgehead atoms. The molecule has 1 saturated heterocycles. The summed E-state index contributed by atoms with van der Waals surface area (Å²) in [5, 5.41) is 0. The first-order valence-electron chi connectivity index (χ1n) is 7.80. The summed E-state index contributed by atoms with van der Waals surface area (Å²) in [7, 11) is -4.32. The number of amides is 1. The number of nitrogens with zero attached hydrogens (tertiary/aromatic N) is 2. The Morgan fingerprint density at radius 1 is 1.40 bits per heavy atom. The van der Waals surface area contributed by atoms with Gasteiger partial charge in [0.15, 0.2) is 0 Å². The highest BCUT2D eigenvalue weighted by molar-refractivity contribution is 7.92. The molecule has 0 unspecified atom stereocenters. The number of rotatable bonds is 3. The third kappa shape index (κ3) is 4.09. The molecule has 2 heterocycles. The highest BCUT2D eigenvalue weighted by Crippen LogP contribution is 2.34. The number of carbonyl (C=O) groups is 1. The van der Waals surface area contributed by atoms with Crippen LogP contribution in [0.5, 0.6) is 0 Å². The zero-order valence-electron chi connectivity index (χ0n) is 14.9. The Morgan fingerprint density at radius 2 is 1.96 bits per heavy atom. The van der Waals surface area contributed by atoms with Crippen molar-refractivity contribution in [3.63, 3.8) is 0 Å². The van der Waals surface area contributed by atoms with E-state index in [9.17, 15) is 13.2 Å². The van der Waals surface area contributed by atoms with Gasteiger partial charge in [-0.15, -0.1) is 0 Å². The van der Waals surface area contributed by atoms with E-state index in [1.165, 1.54) is 24.5 Å². The third-order valence-corrected chi connectivity index (χ3v) is 5.52. The molecule has 1 aliphatic rings. The first kappa shape index (κ1) is 19.6. The van der Waals surface area contributed by atoms with Crippen molar-refractivity contribution in [2.24, 2.45) is 0 Å². The van der Waals surface area contributed by atoms with Crippen molar-refractivity contribution in [2.45, 2.75) is 62.4 Å². The summed E-state index contributed by atoms with van der Waals surface area (Å²) in [6.45, 7) is 7.88. The second kappa shape index (κ2) is 6.53. The number of ether oxygens (including phenoxy) is 2. The summed E-state index contributed by atoms with van der Waals surface area (Å²) in [5.74, 6) is 0. The molecule has 0 spiro atoms. The average molecular weight is 374 g/mol. The molecule has 9 heteroatoms. The summed E-state index contributed by atoms with van der Waals surface area (Å²) in [6, 6.07) is 1.10. The van der Waals surface area contributed by atoms with Gasteiger partial charge in [0.25, 0.3) is 0 Å². The number of pyridine rings is 1. The van der Waals surface area contributed by atoms with Crippen LogP contribution in [-0.2, 0) is 19.3 Å². The largest absolute Gasteiger partial charge is 0.444 e. The fraction of sp³-hybridized carbons (Fsp3) is 0.625. The minimum atomic E-state index is -4.32. The number of halogens is 1. The molecule has 0 saturated carbocycles. The van der Waals surface area contributed by atoms with Crippen molar-refractivity contribution >= 4 is 15.9 Å². The Labute approximate surface area is 147 Å². The summed E-state index contributed by atoms with van der Waals surface area (Å²) < 4.78 is 50.9. The molecule has 2 rings (SSSR count). The SMILES string of the molecule is CC(C)(C)OC(=O)N1[C@H]([C@@H](F)S(=O)(=O)c2ccncc2)COC1(C)C. The first-order chi connectivity index (χ1) is 11.4. The number of hydrogen-bond acceptors (Lipinski definition) is 6. The maximum Gasteiger partial charge on any atom is 0.413 e. The van der Waals surface area contributed by atoms with Crippen LogP contribution < -0.4 is 0 Å². The van der Waals surface area contributed by atoms with Crippen molar-refractivity contribution in [1.29, 1.82) is 0 Å². The molecule has 1 fully saturated rings. The highest BCUT2D eigenvalue weighted by Gasteiger charge is 2.52. The molecule has 0 radical (unpaired) electrons. The lowest BCUT2D eigenvalue weighted by Gasteiger charge is -2.35. The van der Waals surface area contributed by atoms with Crippen LogP contribution in [0.25, 0.3) is 0 Å². The van der Waals surface area contributed by atoms with E-state index in [4.69, 9.17) is 9.47 Å². The van der Waals surface area contributed by atoms with Gasteiger partial charge >= 0.3 is 6.09 Å². The van der Waals surface area contributed by atoms with Crippen LogP contribution in [-0.4, -0.2) is 53.9 Å². The Kier molecular flexibility index (Phi) is 5.11. The molecule has 140 valence electrons. The number of sulfone groups is 1. The van der Waals surface area contributed by atoms with Gasteiger partial charge in [-0.25, -0.2) is 17.6 Å². The molecule has 1 amide bonds. The maximum atomic E-state index is 15.0. The van der Waals surface area contributed by atoms with E-state index in [0.717, 1.165) is 4.90 Å². The van der Waals surface area contributed by atoms with Crippen LogP contribution in [0.15, 0.2) is 29.4 Å². The van der Waals surface area contributed by atoms with Crippen molar-refractivity contribution in [2.75, 3.05) is 6.61 Å². The summed E-state index contributed by atoms with van der Waals surface area (Å²) in [5.41, 5.74) is -4.36. The molecule has 25 heavy (non-hydrogen) atoms. The van der Waals surface area contributed by atoms with Crippen molar-refractivity contribution in [3.05, 3.63) is 24.5 Å². The molecular formula is C16H23FN2O5S. The van der Waals surface area contributed by atoms with Gasteiger partial charge in [0.1, 0.15) is 17.4 Å². The molecule has 0 aliphatic carbocycles. The van der Waals surface area contributed by atoms with Crippen LogP contribution in [0, 0.1) is 0 Å². The van der Waals surface area contributed by atoms with E-state index in [1.807, 2.05) is 0 Å². The van der Waals surface area contributed by atoms with E-state index >= 15 is 4.39 Å². The fourth-order valence-electron chi connectivity index (χ4n) is 2.56. The number of hydrogen-bond donors (Lipinski definition) is 0. The Balaban J connectivity index is 2.34. The summed E-state index contributed by atoms with van der Waals surface area (Å²) >= 11 is 0. The van der Waals surface area contributed by atoms with Gasteiger partial charge in [0, 0.05) is 12.4 Å². The smallest absolute Gasteiger partial charge is 0.413 e. The molecular weight excluding hydrogens is 351 g/mol. The van der Waals surface area contributed by atoms with Crippen molar-refractivity contribution < 1.29 is 27.1 Å². The molecule has 7 nitrogen and oxygen atoms in total. The van der Waals surface area contributed by atoms with E-state index in [0.29, 0.717) is 0 Å². The van der Waals surface area contributed by atoms with Gasteiger partial charge in [-0.05, 0) is 46.8 Å². The fourth-order valence-corrected chi connectivity index (χ4v) is 3.93. The Bertz CT molecular complexity index is 731. The minimum Gasteiger partial charge on any atom is -0.444 e. The quantitative estimate of drug-likeness (QED) is 0.808. The number of alkyl halides is 1. The van der Waals surface area contributed by atoms with E-state index in [-0.39, 0.29) is 11.5 Å². The zero-order valence-corrected chi connectivity index (χ0v) is 15.7. The first-order valence-corrected chi connectivity index (χ1v) is 9.35. The topological polar surface area (TPSA) is 85.8 Å². The monoisotopic (exact) mass is 374 g/mol. The van der Waals surface area contributed by atoms with Gasteiger partial charge in [-0.3, -0.25) is 9.88 Å². The third-order valence-electron chi connectivity index (χ3n) is 3.69. The highest BCUT2D eigenvalue weighted by atomic mass is 32.2. The van der Waals surface area contributed by atoms with Gasteiger partial charge in [-0.2, -0.15) is 0 Å². The van der Waals surface area contributed by atoms with Crippen LogP contribution in [0.2, 0.25) is 0 Å². The summed E-state index contributed by atoms with van der Waals surface area (Å²) in [6.07, 6.45) is 1.70. The molecule has 1 aliphatic heterocycles. The van der Waals surface area contributed by atoms with Crippen molar-refractivity contribution in [1.82, 2.24) is 9.88 Å². The average Bonchev–Trinajstić information content (AvgIpc) is 2.81. The van der Waals surface area contributed by atoms with Gasteiger partial charge < -0.3 is 9.47 Å². The van der Waals surface area contributed by atoms with E-state index in [2.05, 4.69) is 4.98 Å². The van der Waals surface area contributed by atoms with Crippen molar-refractivity contribution in [3.8, 4) is 0 Å². The van der Waals surface area contributed by atoms with Gasteiger partial charge in [0.2, 0.25) is 15.3 Å². The van der Waals surface area contributed by atoms with E-state index < -0.39 is 38.8 Å². The summed E-state index contributed by atoms with van der Waals surface area (Å²) in [4.78, 5) is 17.0. The second-order valence-electron chi connectivity index (χ2n) is 7.25. The lowest BCUT2D eigenvalue weighted by atomic mass is 10.2. The normalized spacial score (nSPS) is 21.8. The lowest BCUT2D eigenvalue weighted by Crippen LogP contribution is -2.53. The lowest BCUT2D eigenvalue weighted by molar-refractivity contribution is -0.0637. The number of aromatic nitrogens is 1. The van der Waals surface area contributed by atoms with Crippen LogP contribution in [0.1, 0.15) is 34.6 Å². The van der Waals surface area contributed by atoms with Gasteiger partial charge in [0.05, 0.1) is 11.5 Å². The maximum absolute atomic E-state index is 15.0. The molecule has 1 aromatic heterocycles. The minimum absolute atomic E-state index is 0.205. The molecule has 2 atom stereocenters. The molecule has 1 aromatic rings. The predicted molar refractivity (Wildman–Crippen MR) is 88.2 cm³/mol. The van der Waals surface area contributed by atoms with Crippen LogP contribution >= 0.6 is 0 Å².